The van der Waals surface area contributed by atoms with Gasteiger partial charge in [-0.05, 0) is 36.8 Å². The maximum Gasteiger partial charge on any atom is 0.150 e. The van der Waals surface area contributed by atoms with Crippen LogP contribution < -0.4 is 14.8 Å². The van der Waals surface area contributed by atoms with E-state index in [1.54, 1.807) is 13.3 Å². The highest BCUT2D eigenvalue weighted by atomic mass is 16.5. The molecule has 1 aliphatic heterocycles. The van der Waals surface area contributed by atoms with E-state index in [4.69, 9.17) is 9.47 Å². The maximum atomic E-state index is 6.05. The summed E-state index contributed by atoms with van der Waals surface area (Å²) in [5.41, 5.74) is 1.97. The average molecular weight is 393 g/mol. The number of pyridine rings is 1. The molecule has 2 aromatic heterocycles. The number of hydrogen-bond donors (Lipinski definition) is 1. The van der Waals surface area contributed by atoms with E-state index in [-0.39, 0.29) is 0 Å². The lowest BCUT2D eigenvalue weighted by Gasteiger charge is -2.24. The molecular formula is C22H27N5O2. The van der Waals surface area contributed by atoms with Crippen molar-refractivity contribution < 1.29 is 9.47 Å². The number of aryl methyl sites for hydroxylation is 2. The van der Waals surface area contributed by atoms with Gasteiger partial charge in [0.15, 0.2) is 5.82 Å². The Morgan fingerprint density at radius 3 is 2.97 bits per heavy atom. The van der Waals surface area contributed by atoms with Crippen molar-refractivity contribution in [1.82, 2.24) is 25.1 Å². The second-order valence-corrected chi connectivity index (χ2v) is 7.18. The van der Waals surface area contributed by atoms with E-state index in [9.17, 15) is 0 Å². The van der Waals surface area contributed by atoms with Gasteiger partial charge < -0.3 is 14.8 Å². The molecule has 1 aliphatic rings. The average Bonchev–Trinajstić information content (AvgIpc) is 3.19. The molecule has 1 atom stereocenters. The molecule has 29 heavy (non-hydrogen) atoms. The van der Waals surface area contributed by atoms with Gasteiger partial charge in [-0.2, -0.15) is 5.10 Å². The lowest BCUT2D eigenvalue weighted by Crippen LogP contribution is -2.37. The molecule has 0 saturated heterocycles. The zero-order chi connectivity index (χ0) is 20.1. The molecule has 0 spiro atoms. The fraction of sp³-hybridized carbons (Fsp3) is 0.409. The molecule has 4 rings (SSSR count). The molecule has 0 saturated carbocycles. The Morgan fingerprint density at radius 1 is 1.24 bits per heavy atom. The zero-order valence-electron chi connectivity index (χ0n) is 17.0. The summed E-state index contributed by atoms with van der Waals surface area (Å²) in [5, 5.41) is 8.25. The number of fused-ring (bicyclic) bond motifs is 1. The highest BCUT2D eigenvalue weighted by molar-refractivity contribution is 5.40. The minimum Gasteiger partial charge on any atom is -0.497 e. The minimum atomic E-state index is 0.351. The van der Waals surface area contributed by atoms with Gasteiger partial charge in [-0.3, -0.25) is 4.98 Å². The van der Waals surface area contributed by atoms with Gasteiger partial charge in [0.1, 0.15) is 23.9 Å². The number of benzene rings is 1. The van der Waals surface area contributed by atoms with Gasteiger partial charge in [-0.1, -0.05) is 13.0 Å². The Hall–Kier alpha value is -2.93. The monoisotopic (exact) mass is 393 g/mol. The van der Waals surface area contributed by atoms with Gasteiger partial charge in [0.25, 0.3) is 0 Å². The lowest BCUT2D eigenvalue weighted by molar-refractivity contribution is 0.294. The van der Waals surface area contributed by atoms with Crippen molar-refractivity contribution in [3.63, 3.8) is 0 Å². The summed E-state index contributed by atoms with van der Waals surface area (Å²) < 4.78 is 13.5. The predicted octanol–water partition coefficient (Wildman–Crippen LogP) is 2.93. The summed E-state index contributed by atoms with van der Waals surface area (Å²) in [7, 11) is 1.68. The van der Waals surface area contributed by atoms with Crippen LogP contribution in [0.15, 0.2) is 42.6 Å². The van der Waals surface area contributed by atoms with Gasteiger partial charge in [0, 0.05) is 37.2 Å². The third-order valence-corrected chi connectivity index (χ3v) is 5.17. The Kier molecular flexibility index (Phi) is 6.05. The molecule has 1 N–H and O–H groups in total. The number of hydrogen-bond acceptors (Lipinski definition) is 6. The maximum absolute atomic E-state index is 6.05. The lowest BCUT2D eigenvalue weighted by atomic mass is 10.1. The van der Waals surface area contributed by atoms with Crippen molar-refractivity contribution in [3.8, 4) is 11.5 Å². The molecule has 0 bridgehead atoms. The molecule has 3 heterocycles. The smallest absolute Gasteiger partial charge is 0.150 e. The summed E-state index contributed by atoms with van der Waals surface area (Å²) >= 11 is 0. The van der Waals surface area contributed by atoms with E-state index < -0.39 is 0 Å². The zero-order valence-corrected chi connectivity index (χ0v) is 17.0. The van der Waals surface area contributed by atoms with E-state index in [1.165, 1.54) is 0 Å². The van der Waals surface area contributed by atoms with Crippen LogP contribution in [0.5, 0.6) is 11.5 Å². The second-order valence-electron chi connectivity index (χ2n) is 7.18. The Balaban J connectivity index is 1.41. The first kappa shape index (κ1) is 19.4. The van der Waals surface area contributed by atoms with E-state index in [0.29, 0.717) is 19.2 Å². The Morgan fingerprint density at radius 2 is 2.17 bits per heavy atom. The first-order chi connectivity index (χ1) is 14.2. The molecule has 7 heteroatoms. The van der Waals surface area contributed by atoms with Crippen LogP contribution in [0.1, 0.15) is 36.3 Å². The van der Waals surface area contributed by atoms with Crippen LogP contribution in [-0.2, 0) is 32.5 Å². The molecule has 1 aromatic carbocycles. The normalized spacial score (nSPS) is 15.7. The summed E-state index contributed by atoms with van der Waals surface area (Å²) in [4.78, 5) is 8.92. The molecule has 0 aliphatic carbocycles. The van der Waals surface area contributed by atoms with Crippen molar-refractivity contribution >= 4 is 0 Å². The second kappa shape index (κ2) is 9.05. The quantitative estimate of drug-likeness (QED) is 0.634. The molecule has 0 amide bonds. The number of nitrogens with one attached hydrogen (secondary N) is 1. The Labute approximate surface area is 171 Å². The van der Waals surface area contributed by atoms with Crippen molar-refractivity contribution in [2.24, 2.45) is 0 Å². The van der Waals surface area contributed by atoms with Gasteiger partial charge in [0.05, 0.1) is 19.3 Å². The van der Waals surface area contributed by atoms with Crippen LogP contribution in [0.3, 0.4) is 0 Å². The topological polar surface area (TPSA) is 74.1 Å². The van der Waals surface area contributed by atoms with Gasteiger partial charge in [0.2, 0.25) is 0 Å². The van der Waals surface area contributed by atoms with Gasteiger partial charge >= 0.3 is 0 Å². The van der Waals surface area contributed by atoms with Crippen LogP contribution in [0, 0.1) is 0 Å². The van der Waals surface area contributed by atoms with E-state index >= 15 is 0 Å². The molecule has 1 unspecified atom stereocenters. The third-order valence-electron chi connectivity index (χ3n) is 5.17. The number of methoxy groups -OCH3 is 1. The first-order valence-corrected chi connectivity index (χ1v) is 10.1. The molecular weight excluding hydrogens is 366 g/mol. The molecule has 152 valence electrons. The number of nitrogens with zero attached hydrogens (tertiary/aromatic N) is 4. The standard InChI is InChI=1S/C22H27N5O2/c1-3-21-25-22-10-7-17(14-27(22)26-21)24-13-16-12-19(28-2)8-9-20(16)29-15-18-6-4-5-11-23-18/h4-6,8-9,11-12,17,24H,3,7,10,13-15H2,1-2H3. The van der Waals surface area contributed by atoms with Crippen LogP contribution in [0.2, 0.25) is 0 Å². The van der Waals surface area contributed by atoms with Crippen molar-refractivity contribution in [3.05, 3.63) is 65.5 Å². The fourth-order valence-electron chi connectivity index (χ4n) is 3.53. The highest BCUT2D eigenvalue weighted by Crippen LogP contribution is 2.25. The summed E-state index contributed by atoms with van der Waals surface area (Å²) in [6.45, 7) is 4.07. The third kappa shape index (κ3) is 4.74. The van der Waals surface area contributed by atoms with Crippen molar-refractivity contribution in [1.29, 1.82) is 0 Å². The number of rotatable bonds is 8. The summed E-state index contributed by atoms with van der Waals surface area (Å²) in [5.74, 6) is 3.69. The van der Waals surface area contributed by atoms with Crippen LogP contribution in [0.25, 0.3) is 0 Å². The van der Waals surface area contributed by atoms with E-state index in [1.807, 2.05) is 41.1 Å². The fourth-order valence-corrected chi connectivity index (χ4v) is 3.53. The largest absolute Gasteiger partial charge is 0.497 e. The van der Waals surface area contributed by atoms with E-state index in [0.717, 1.165) is 60.2 Å². The number of aromatic nitrogens is 4. The van der Waals surface area contributed by atoms with Crippen LogP contribution >= 0.6 is 0 Å². The summed E-state index contributed by atoms with van der Waals surface area (Å²) in [6, 6.07) is 12.1. The van der Waals surface area contributed by atoms with E-state index in [2.05, 4.69) is 27.3 Å². The summed E-state index contributed by atoms with van der Waals surface area (Å²) in [6.07, 6.45) is 4.65. The highest BCUT2D eigenvalue weighted by Gasteiger charge is 2.21. The van der Waals surface area contributed by atoms with Gasteiger partial charge in [-0.25, -0.2) is 9.67 Å². The predicted molar refractivity (Wildman–Crippen MR) is 110 cm³/mol. The van der Waals surface area contributed by atoms with Gasteiger partial charge in [-0.15, -0.1) is 0 Å². The molecule has 7 nitrogen and oxygen atoms in total. The molecule has 0 radical (unpaired) electrons. The molecule has 3 aromatic rings. The first-order valence-electron chi connectivity index (χ1n) is 10.1. The minimum absolute atomic E-state index is 0.351. The van der Waals surface area contributed by atoms with Crippen molar-refractivity contribution in [2.45, 2.75) is 51.9 Å². The SMILES string of the molecule is CCc1nc2n(n1)CC(NCc1cc(OC)ccc1OCc1ccccn1)CC2. The van der Waals surface area contributed by atoms with Crippen molar-refractivity contribution in [2.75, 3.05) is 7.11 Å². The Bertz CT molecular complexity index is 942. The number of ether oxygens (including phenoxy) is 2. The van der Waals surface area contributed by atoms with Crippen LogP contribution in [-0.4, -0.2) is 32.9 Å². The van der Waals surface area contributed by atoms with Crippen LogP contribution in [0.4, 0.5) is 0 Å². The molecule has 0 fully saturated rings.